The van der Waals surface area contributed by atoms with Crippen LogP contribution in [0.2, 0.25) is 0 Å². The molecule has 0 aliphatic heterocycles. The van der Waals surface area contributed by atoms with Crippen LogP contribution in [0.1, 0.15) is 33.6 Å². The third-order valence-electron chi connectivity index (χ3n) is 5.33. The van der Waals surface area contributed by atoms with E-state index < -0.39 is 29.5 Å². The highest BCUT2D eigenvalue weighted by molar-refractivity contribution is 7.18. The molecule has 2 aromatic carbocycles. The number of hydrogen-bond donors (Lipinski definition) is 2. The summed E-state index contributed by atoms with van der Waals surface area (Å²) < 4.78 is 18.5. The number of benzene rings is 2. The summed E-state index contributed by atoms with van der Waals surface area (Å²) >= 11 is 0.756. The summed E-state index contributed by atoms with van der Waals surface area (Å²) in [5.41, 5.74) is 2.98. The predicted octanol–water partition coefficient (Wildman–Crippen LogP) is 4.50. The van der Waals surface area contributed by atoms with Crippen molar-refractivity contribution in [2.24, 2.45) is 0 Å². The van der Waals surface area contributed by atoms with Crippen LogP contribution in [0.4, 0.5) is 15.2 Å². The Hall–Kier alpha value is -4.12. The fourth-order valence-electron chi connectivity index (χ4n) is 3.28. The summed E-state index contributed by atoms with van der Waals surface area (Å²) in [6, 6.07) is 9.55. The Morgan fingerprint density at radius 1 is 1.12 bits per heavy atom. The van der Waals surface area contributed by atoms with E-state index in [9.17, 15) is 24.2 Å². The lowest BCUT2D eigenvalue weighted by Gasteiger charge is -2.25. The van der Waals surface area contributed by atoms with Gasteiger partial charge in [0.05, 0.1) is 0 Å². The number of carboxylic acid groups (broad SMARTS) is 1. The molecule has 2 heterocycles. The van der Waals surface area contributed by atoms with Crippen LogP contribution < -0.4 is 4.90 Å². The van der Waals surface area contributed by atoms with Crippen LogP contribution in [0.3, 0.4) is 0 Å². The number of carboxylic acids is 1. The average molecular weight is 482 g/mol. The maximum Gasteiger partial charge on any atom is 0.326 e. The molecular formula is C23H19FN4O5S. The SMILES string of the molecule is Cc1cccc(-c2noc(C(=O)c3sc(N(c4ccc(F)cc4)C(C)C(=O)O)nc3O)n2)c1C. The lowest BCUT2D eigenvalue weighted by Crippen LogP contribution is -2.35. The van der Waals surface area contributed by atoms with Gasteiger partial charge in [0, 0.05) is 11.3 Å². The number of aryl methyl sites for hydroxylation is 1. The summed E-state index contributed by atoms with van der Waals surface area (Å²) in [4.78, 5) is 33.9. The van der Waals surface area contributed by atoms with Crippen molar-refractivity contribution in [2.45, 2.75) is 26.8 Å². The second kappa shape index (κ2) is 9.02. The van der Waals surface area contributed by atoms with E-state index in [-0.39, 0.29) is 21.7 Å². The van der Waals surface area contributed by atoms with Gasteiger partial charge in [-0.2, -0.15) is 9.97 Å². The molecule has 4 aromatic rings. The highest BCUT2D eigenvalue weighted by Crippen LogP contribution is 2.37. The largest absolute Gasteiger partial charge is 0.492 e. The van der Waals surface area contributed by atoms with Gasteiger partial charge in [0.1, 0.15) is 16.7 Å². The van der Waals surface area contributed by atoms with Crippen LogP contribution in [-0.2, 0) is 4.79 Å². The third-order valence-corrected chi connectivity index (χ3v) is 6.37. The van der Waals surface area contributed by atoms with Gasteiger partial charge in [-0.05, 0) is 56.2 Å². The summed E-state index contributed by atoms with van der Waals surface area (Å²) in [5.74, 6) is -3.17. The summed E-state index contributed by atoms with van der Waals surface area (Å²) in [6.07, 6.45) is 0. The zero-order valence-electron chi connectivity index (χ0n) is 18.3. The van der Waals surface area contributed by atoms with Gasteiger partial charge in [-0.1, -0.05) is 34.7 Å². The molecule has 2 N–H and O–H groups in total. The Balaban J connectivity index is 1.70. The van der Waals surface area contributed by atoms with Crippen molar-refractivity contribution in [3.05, 3.63) is 70.2 Å². The zero-order valence-corrected chi connectivity index (χ0v) is 19.1. The molecule has 0 aliphatic carbocycles. The van der Waals surface area contributed by atoms with E-state index in [1.807, 2.05) is 26.0 Å². The second-order valence-corrected chi connectivity index (χ2v) is 8.49. The van der Waals surface area contributed by atoms with Crippen LogP contribution in [0.5, 0.6) is 5.88 Å². The van der Waals surface area contributed by atoms with Gasteiger partial charge in [-0.15, -0.1) is 0 Å². The number of anilines is 2. The van der Waals surface area contributed by atoms with Crippen molar-refractivity contribution in [1.82, 2.24) is 15.1 Å². The normalized spacial score (nSPS) is 11.9. The van der Waals surface area contributed by atoms with Crippen molar-refractivity contribution in [1.29, 1.82) is 0 Å². The number of ketones is 1. The molecular weight excluding hydrogens is 463 g/mol. The first-order valence-corrected chi connectivity index (χ1v) is 10.9. The number of nitrogens with zero attached hydrogens (tertiary/aromatic N) is 4. The average Bonchev–Trinajstić information content (AvgIpc) is 3.44. The molecule has 0 spiro atoms. The van der Waals surface area contributed by atoms with E-state index in [1.54, 1.807) is 6.07 Å². The lowest BCUT2D eigenvalue weighted by molar-refractivity contribution is -0.138. The number of aliphatic carboxylic acids is 1. The van der Waals surface area contributed by atoms with E-state index in [0.29, 0.717) is 11.3 Å². The minimum Gasteiger partial charge on any atom is -0.492 e. The number of halogens is 1. The first-order chi connectivity index (χ1) is 16.2. The number of thiazole rings is 1. The molecule has 0 saturated heterocycles. The third kappa shape index (κ3) is 4.25. The minimum absolute atomic E-state index is 0.0247. The van der Waals surface area contributed by atoms with Crippen molar-refractivity contribution in [3.63, 3.8) is 0 Å². The van der Waals surface area contributed by atoms with E-state index in [4.69, 9.17) is 4.52 Å². The van der Waals surface area contributed by atoms with E-state index >= 15 is 0 Å². The molecule has 0 aliphatic rings. The van der Waals surface area contributed by atoms with Gasteiger partial charge in [-0.3, -0.25) is 4.79 Å². The van der Waals surface area contributed by atoms with Gasteiger partial charge in [0.25, 0.3) is 11.7 Å². The summed E-state index contributed by atoms with van der Waals surface area (Å²) in [7, 11) is 0. The number of aromatic nitrogens is 3. The second-order valence-electron chi connectivity index (χ2n) is 7.51. The van der Waals surface area contributed by atoms with Gasteiger partial charge in [0.15, 0.2) is 5.13 Å². The first-order valence-electron chi connectivity index (χ1n) is 10.1. The van der Waals surface area contributed by atoms with Crippen LogP contribution in [-0.4, -0.2) is 43.1 Å². The molecule has 4 rings (SSSR count). The Morgan fingerprint density at radius 2 is 1.82 bits per heavy atom. The number of carbonyl (C=O) groups is 2. The standard InChI is InChI=1S/C23H19FN4O5S/c1-11-5-4-6-16(12(11)2)19-25-21(33-27-19)17(29)18-20(30)26-23(34-18)28(13(3)22(31)32)15-9-7-14(24)8-10-15/h4-10,13,30H,1-3H3,(H,31,32). The molecule has 1 unspecified atom stereocenters. The molecule has 0 fully saturated rings. The highest BCUT2D eigenvalue weighted by atomic mass is 32.1. The number of aromatic hydroxyl groups is 1. The summed E-state index contributed by atoms with van der Waals surface area (Å²) in [6.45, 7) is 5.24. The molecule has 174 valence electrons. The maximum atomic E-state index is 13.4. The van der Waals surface area contributed by atoms with Crippen molar-refractivity contribution < 1.29 is 28.7 Å². The maximum absolute atomic E-state index is 13.4. The smallest absolute Gasteiger partial charge is 0.326 e. The Morgan fingerprint density at radius 3 is 2.50 bits per heavy atom. The number of carbonyl (C=O) groups excluding carboxylic acids is 1. The van der Waals surface area contributed by atoms with Crippen molar-refractivity contribution >= 4 is 33.9 Å². The van der Waals surface area contributed by atoms with Gasteiger partial charge in [-0.25, -0.2) is 9.18 Å². The predicted molar refractivity (Wildman–Crippen MR) is 122 cm³/mol. The number of hydrogen-bond acceptors (Lipinski definition) is 9. The molecule has 34 heavy (non-hydrogen) atoms. The van der Waals surface area contributed by atoms with E-state index in [1.165, 1.54) is 36.1 Å². The Kier molecular flexibility index (Phi) is 6.12. The molecule has 0 bridgehead atoms. The van der Waals surface area contributed by atoms with E-state index in [2.05, 4.69) is 15.1 Å². The highest BCUT2D eigenvalue weighted by Gasteiger charge is 2.31. The van der Waals surface area contributed by atoms with Crippen molar-refractivity contribution in [2.75, 3.05) is 4.90 Å². The molecule has 11 heteroatoms. The summed E-state index contributed by atoms with van der Waals surface area (Å²) in [5, 5.41) is 23.8. The van der Waals surface area contributed by atoms with Gasteiger partial charge in [0.2, 0.25) is 11.7 Å². The monoisotopic (exact) mass is 482 g/mol. The number of rotatable bonds is 7. The van der Waals surface area contributed by atoms with Crippen LogP contribution >= 0.6 is 11.3 Å². The zero-order chi connectivity index (χ0) is 24.6. The quantitative estimate of drug-likeness (QED) is 0.366. The molecule has 1 atom stereocenters. The molecule has 0 radical (unpaired) electrons. The first kappa shape index (κ1) is 23.1. The van der Waals surface area contributed by atoms with Crippen LogP contribution in [0, 0.1) is 19.7 Å². The molecule has 9 nitrogen and oxygen atoms in total. The fraction of sp³-hybridized carbons (Fsp3) is 0.174. The topological polar surface area (TPSA) is 130 Å². The van der Waals surface area contributed by atoms with E-state index in [0.717, 1.165) is 22.5 Å². The van der Waals surface area contributed by atoms with Gasteiger partial charge >= 0.3 is 5.97 Å². The Bertz CT molecular complexity index is 1380. The molecule has 2 aromatic heterocycles. The van der Waals surface area contributed by atoms with Crippen molar-refractivity contribution in [3.8, 4) is 17.3 Å². The molecule has 0 amide bonds. The Labute approximate surface area is 197 Å². The fourth-order valence-corrected chi connectivity index (χ4v) is 4.27. The minimum atomic E-state index is -1.18. The van der Waals surface area contributed by atoms with Crippen LogP contribution in [0.25, 0.3) is 11.4 Å². The lowest BCUT2D eigenvalue weighted by atomic mass is 10.0. The van der Waals surface area contributed by atoms with Crippen LogP contribution in [0.15, 0.2) is 47.0 Å². The van der Waals surface area contributed by atoms with Gasteiger partial charge < -0.3 is 19.6 Å². The molecule has 0 saturated carbocycles.